The fraction of sp³-hybridized carbons (Fsp3) is 0.125. The third-order valence-corrected chi connectivity index (χ3v) is 3.41. The van der Waals surface area contributed by atoms with Gasteiger partial charge in [-0.25, -0.2) is 5.43 Å². The first-order valence-corrected chi connectivity index (χ1v) is 7.31. The van der Waals surface area contributed by atoms with Gasteiger partial charge in [-0.3, -0.25) is 4.79 Å². The Labute approximate surface area is 136 Å². The lowest BCUT2D eigenvalue weighted by Crippen LogP contribution is -2.19. The van der Waals surface area contributed by atoms with E-state index < -0.39 is 0 Å². The molecule has 2 N–H and O–H groups in total. The monoisotopic (exact) mass is 362 g/mol. The molecule has 114 valence electrons. The Morgan fingerprint density at radius 3 is 2.68 bits per heavy atom. The van der Waals surface area contributed by atoms with Crippen LogP contribution < -0.4 is 10.2 Å². The molecule has 5 nitrogen and oxygen atoms in total. The Hall–Kier alpha value is -2.34. The maximum Gasteiger partial charge on any atom is 0.244 e. The molecule has 0 aromatic heterocycles. The van der Waals surface area contributed by atoms with Gasteiger partial charge in [-0.1, -0.05) is 28.1 Å². The fourth-order valence-corrected chi connectivity index (χ4v) is 2.06. The maximum absolute atomic E-state index is 11.7. The summed E-state index contributed by atoms with van der Waals surface area (Å²) in [6, 6.07) is 12.4. The lowest BCUT2D eigenvalue weighted by molar-refractivity contribution is -0.120. The molecule has 22 heavy (non-hydrogen) atoms. The van der Waals surface area contributed by atoms with Crippen molar-refractivity contribution in [3.63, 3.8) is 0 Å². The minimum absolute atomic E-state index is 0.0210. The van der Waals surface area contributed by atoms with Gasteiger partial charge in [-0.05, 0) is 41.5 Å². The molecule has 0 saturated carbocycles. The van der Waals surface area contributed by atoms with E-state index in [2.05, 4.69) is 26.5 Å². The molecule has 0 atom stereocenters. The van der Waals surface area contributed by atoms with Gasteiger partial charge < -0.3 is 9.84 Å². The number of aromatic hydroxyl groups is 1. The average Bonchev–Trinajstić information content (AvgIpc) is 2.50. The number of ether oxygens (including phenoxy) is 1. The summed E-state index contributed by atoms with van der Waals surface area (Å²) in [6.45, 7) is 0. The van der Waals surface area contributed by atoms with Gasteiger partial charge in [0.1, 0.15) is 0 Å². The number of methoxy groups -OCH3 is 1. The van der Waals surface area contributed by atoms with Crippen molar-refractivity contribution in [2.45, 2.75) is 6.42 Å². The summed E-state index contributed by atoms with van der Waals surface area (Å²) < 4.78 is 5.92. The number of hydrogen-bond donors (Lipinski definition) is 2. The summed E-state index contributed by atoms with van der Waals surface area (Å²) in [7, 11) is 1.48. The van der Waals surface area contributed by atoms with Gasteiger partial charge in [0.15, 0.2) is 11.5 Å². The van der Waals surface area contributed by atoms with Crippen molar-refractivity contribution < 1.29 is 14.6 Å². The fourth-order valence-electron chi connectivity index (χ4n) is 1.79. The lowest BCUT2D eigenvalue weighted by atomic mass is 10.1. The maximum atomic E-state index is 11.7. The molecule has 2 aromatic rings. The molecule has 0 radical (unpaired) electrons. The summed E-state index contributed by atoms with van der Waals surface area (Å²) in [5, 5.41) is 13.5. The highest BCUT2D eigenvalue weighted by Gasteiger charge is 2.03. The van der Waals surface area contributed by atoms with Crippen molar-refractivity contribution in [3.8, 4) is 11.5 Å². The van der Waals surface area contributed by atoms with Crippen molar-refractivity contribution in [1.29, 1.82) is 0 Å². The van der Waals surface area contributed by atoms with Gasteiger partial charge in [0.2, 0.25) is 5.91 Å². The SMILES string of the molecule is COc1ccc(/C=N/NC(=O)Cc2ccc(Br)cc2)cc1O. The highest BCUT2D eigenvalue weighted by molar-refractivity contribution is 9.10. The number of phenols is 1. The molecule has 0 fully saturated rings. The highest BCUT2D eigenvalue weighted by Crippen LogP contribution is 2.25. The standard InChI is InChI=1S/C16H15BrN2O3/c1-22-15-7-4-12(8-14(15)20)10-18-19-16(21)9-11-2-5-13(17)6-3-11/h2-8,10,20H,9H2,1H3,(H,19,21)/b18-10+. The Morgan fingerprint density at radius 2 is 2.05 bits per heavy atom. The van der Waals surface area contributed by atoms with Crippen LogP contribution in [0.1, 0.15) is 11.1 Å². The van der Waals surface area contributed by atoms with Crippen LogP contribution in [0.3, 0.4) is 0 Å². The van der Waals surface area contributed by atoms with E-state index in [1.807, 2.05) is 24.3 Å². The molecule has 0 aliphatic carbocycles. The molecule has 1 amide bonds. The summed E-state index contributed by atoms with van der Waals surface area (Å²) in [5.74, 6) is 0.195. The first kappa shape index (κ1) is 16.0. The van der Waals surface area contributed by atoms with E-state index in [-0.39, 0.29) is 18.1 Å². The minimum atomic E-state index is -0.212. The molecule has 6 heteroatoms. The summed E-state index contributed by atoms with van der Waals surface area (Å²) in [6.07, 6.45) is 1.71. The second-order valence-corrected chi connectivity index (χ2v) is 5.44. The van der Waals surface area contributed by atoms with Crippen LogP contribution >= 0.6 is 15.9 Å². The number of hydrazone groups is 1. The van der Waals surface area contributed by atoms with Crippen LogP contribution in [0.2, 0.25) is 0 Å². The first-order chi connectivity index (χ1) is 10.6. The van der Waals surface area contributed by atoms with E-state index in [9.17, 15) is 9.90 Å². The number of benzene rings is 2. The van der Waals surface area contributed by atoms with Crippen LogP contribution in [0.25, 0.3) is 0 Å². The van der Waals surface area contributed by atoms with E-state index in [4.69, 9.17) is 4.74 Å². The normalized spacial score (nSPS) is 10.6. The van der Waals surface area contributed by atoms with Gasteiger partial charge in [-0.2, -0.15) is 5.10 Å². The van der Waals surface area contributed by atoms with Gasteiger partial charge >= 0.3 is 0 Å². The molecular formula is C16H15BrN2O3. The molecule has 0 unspecified atom stereocenters. The smallest absolute Gasteiger partial charge is 0.244 e. The predicted molar refractivity (Wildman–Crippen MR) is 88.2 cm³/mol. The number of rotatable bonds is 5. The Bertz CT molecular complexity index is 684. The van der Waals surface area contributed by atoms with E-state index in [1.165, 1.54) is 19.4 Å². The van der Waals surface area contributed by atoms with E-state index in [0.717, 1.165) is 10.0 Å². The van der Waals surface area contributed by atoms with Gasteiger partial charge in [0.05, 0.1) is 19.7 Å². The van der Waals surface area contributed by atoms with Gasteiger partial charge in [0, 0.05) is 4.47 Å². The Morgan fingerprint density at radius 1 is 1.32 bits per heavy atom. The molecule has 0 heterocycles. The number of hydrogen-bond acceptors (Lipinski definition) is 4. The van der Waals surface area contributed by atoms with Gasteiger partial charge in [0.25, 0.3) is 0 Å². The topological polar surface area (TPSA) is 70.9 Å². The van der Waals surface area contributed by atoms with Crippen molar-refractivity contribution in [2.75, 3.05) is 7.11 Å². The number of carbonyl (C=O) groups excluding carboxylic acids is 1. The van der Waals surface area contributed by atoms with Crippen LogP contribution in [-0.4, -0.2) is 24.3 Å². The third kappa shape index (κ3) is 4.60. The van der Waals surface area contributed by atoms with Gasteiger partial charge in [-0.15, -0.1) is 0 Å². The predicted octanol–water partition coefficient (Wildman–Crippen LogP) is 2.86. The molecule has 2 rings (SSSR count). The zero-order valence-corrected chi connectivity index (χ0v) is 13.5. The summed E-state index contributed by atoms with van der Waals surface area (Å²) >= 11 is 3.34. The van der Waals surface area contributed by atoms with Crippen LogP contribution in [0.4, 0.5) is 0 Å². The molecule has 0 bridgehead atoms. The molecule has 0 aliphatic heterocycles. The quantitative estimate of drug-likeness (QED) is 0.634. The lowest BCUT2D eigenvalue weighted by Gasteiger charge is -2.03. The molecular weight excluding hydrogens is 348 g/mol. The van der Waals surface area contributed by atoms with Crippen LogP contribution in [0.5, 0.6) is 11.5 Å². The minimum Gasteiger partial charge on any atom is -0.504 e. The largest absolute Gasteiger partial charge is 0.504 e. The number of carbonyl (C=O) groups is 1. The highest BCUT2D eigenvalue weighted by atomic mass is 79.9. The van der Waals surface area contributed by atoms with Crippen molar-refractivity contribution in [3.05, 3.63) is 58.1 Å². The van der Waals surface area contributed by atoms with E-state index >= 15 is 0 Å². The van der Waals surface area contributed by atoms with Crippen molar-refractivity contribution in [1.82, 2.24) is 5.43 Å². The average molecular weight is 363 g/mol. The van der Waals surface area contributed by atoms with E-state index in [1.54, 1.807) is 12.1 Å². The number of halogens is 1. The summed E-state index contributed by atoms with van der Waals surface area (Å²) in [4.78, 5) is 11.7. The van der Waals surface area contributed by atoms with E-state index in [0.29, 0.717) is 11.3 Å². The Kier molecular flexibility index (Phi) is 5.55. The zero-order valence-electron chi connectivity index (χ0n) is 11.9. The second kappa shape index (κ2) is 7.61. The number of amides is 1. The molecule has 0 spiro atoms. The third-order valence-electron chi connectivity index (χ3n) is 2.88. The number of phenolic OH excluding ortho intramolecular Hbond substituents is 1. The van der Waals surface area contributed by atoms with Crippen LogP contribution in [-0.2, 0) is 11.2 Å². The van der Waals surface area contributed by atoms with Crippen molar-refractivity contribution in [2.24, 2.45) is 5.10 Å². The zero-order chi connectivity index (χ0) is 15.9. The number of nitrogens with zero attached hydrogens (tertiary/aromatic N) is 1. The molecule has 0 saturated heterocycles. The molecule has 2 aromatic carbocycles. The summed E-state index contributed by atoms with van der Waals surface area (Å²) in [5.41, 5.74) is 4.00. The molecule has 0 aliphatic rings. The van der Waals surface area contributed by atoms with Crippen LogP contribution in [0.15, 0.2) is 52.0 Å². The number of nitrogens with one attached hydrogen (secondary N) is 1. The van der Waals surface area contributed by atoms with Crippen molar-refractivity contribution >= 4 is 28.1 Å². The van der Waals surface area contributed by atoms with Crippen LogP contribution in [0, 0.1) is 0 Å². The Balaban J connectivity index is 1.90. The first-order valence-electron chi connectivity index (χ1n) is 6.52. The second-order valence-electron chi connectivity index (χ2n) is 4.53.